The number of rotatable bonds is 10. The lowest BCUT2D eigenvalue weighted by molar-refractivity contribution is 0.116. The number of halogens is 4. The predicted octanol–water partition coefficient (Wildman–Crippen LogP) is 4.56. The van der Waals surface area contributed by atoms with Crippen LogP contribution in [-0.2, 0) is 18.1 Å². The molecule has 3 atom stereocenters. The van der Waals surface area contributed by atoms with Crippen molar-refractivity contribution in [1.29, 1.82) is 0 Å². The first-order valence-electron chi connectivity index (χ1n) is 5.31. The van der Waals surface area contributed by atoms with Gasteiger partial charge in [0.2, 0.25) is 0 Å². The van der Waals surface area contributed by atoms with Crippen molar-refractivity contribution < 1.29 is 18.1 Å². The Labute approximate surface area is 135 Å². The molecule has 4 nitrogen and oxygen atoms in total. The van der Waals surface area contributed by atoms with Crippen LogP contribution in [0, 0.1) is 0 Å². The van der Waals surface area contributed by atoms with E-state index in [-0.39, 0.29) is 35.4 Å². The summed E-state index contributed by atoms with van der Waals surface area (Å²) >= 11 is 18.1. The van der Waals surface area contributed by atoms with Gasteiger partial charge in [0.15, 0.2) is 0 Å². The van der Waals surface area contributed by atoms with Crippen molar-refractivity contribution in [1.82, 2.24) is 0 Å². The highest BCUT2D eigenvalue weighted by Crippen LogP contribution is 2.50. The minimum atomic E-state index is -3.61. The molecule has 0 aliphatic carbocycles. The molecule has 0 bridgehead atoms. The van der Waals surface area contributed by atoms with Crippen molar-refractivity contribution in [3.05, 3.63) is 0 Å². The van der Waals surface area contributed by atoms with Crippen molar-refractivity contribution in [3.63, 3.8) is 0 Å². The van der Waals surface area contributed by atoms with Crippen LogP contribution in [-0.4, -0.2) is 40.7 Å². The summed E-state index contributed by atoms with van der Waals surface area (Å²) in [6.07, 6.45) is 0. The fraction of sp³-hybridized carbons (Fsp3) is 1.00. The standard InChI is InChI=1S/C9H17Br2Cl2O4P/c1-7(12)4-15-18(14,16-5-8(2)13)17-6-9(11)3-10/h7-9H,3-6H2,1-2H3. The molecule has 0 fully saturated rings. The number of phosphoric ester groups is 1. The second-order valence-corrected chi connectivity index (χ2v) is 8.75. The van der Waals surface area contributed by atoms with Gasteiger partial charge < -0.3 is 0 Å². The Bertz CT molecular complexity index is 253. The summed E-state index contributed by atoms with van der Waals surface area (Å²) in [5.41, 5.74) is 0. The van der Waals surface area contributed by atoms with E-state index in [9.17, 15) is 4.57 Å². The fourth-order valence-electron chi connectivity index (χ4n) is 0.716. The van der Waals surface area contributed by atoms with Gasteiger partial charge in [-0.25, -0.2) is 4.57 Å². The molecule has 0 heterocycles. The van der Waals surface area contributed by atoms with Crippen molar-refractivity contribution in [2.75, 3.05) is 25.2 Å². The Balaban J connectivity index is 4.34. The topological polar surface area (TPSA) is 44.8 Å². The largest absolute Gasteiger partial charge is 0.474 e. The molecular weight excluding hydrogens is 434 g/mol. The summed E-state index contributed by atoms with van der Waals surface area (Å²) in [7, 11) is -3.61. The molecule has 0 saturated carbocycles. The number of hydrogen-bond acceptors (Lipinski definition) is 4. The van der Waals surface area contributed by atoms with E-state index in [1.807, 2.05) is 0 Å². The van der Waals surface area contributed by atoms with Crippen LogP contribution in [0.1, 0.15) is 13.8 Å². The second kappa shape index (κ2) is 10.4. The van der Waals surface area contributed by atoms with Gasteiger partial charge in [-0.15, -0.1) is 23.2 Å². The molecule has 0 aliphatic heterocycles. The van der Waals surface area contributed by atoms with Gasteiger partial charge in [-0.05, 0) is 13.8 Å². The van der Waals surface area contributed by atoms with Crippen molar-refractivity contribution in [3.8, 4) is 0 Å². The zero-order valence-electron chi connectivity index (χ0n) is 10.2. The van der Waals surface area contributed by atoms with Crippen molar-refractivity contribution in [2.24, 2.45) is 0 Å². The van der Waals surface area contributed by atoms with Gasteiger partial charge in [0.25, 0.3) is 0 Å². The Morgan fingerprint density at radius 2 is 1.44 bits per heavy atom. The normalized spacial score (nSPS) is 20.1. The average Bonchev–Trinajstić information content (AvgIpc) is 2.31. The third-order valence-corrected chi connectivity index (χ3v) is 5.39. The van der Waals surface area contributed by atoms with Gasteiger partial charge >= 0.3 is 7.82 Å². The minimum Gasteiger partial charge on any atom is -0.286 e. The molecule has 9 heteroatoms. The molecule has 0 N–H and O–H groups in total. The summed E-state index contributed by atoms with van der Waals surface area (Å²) in [6.45, 7) is 3.80. The molecule has 0 amide bonds. The van der Waals surface area contributed by atoms with Crippen LogP contribution in [0.3, 0.4) is 0 Å². The lowest BCUT2D eigenvalue weighted by Crippen LogP contribution is -2.14. The average molecular weight is 451 g/mol. The van der Waals surface area contributed by atoms with Gasteiger partial charge in [0, 0.05) is 10.2 Å². The molecule has 0 aromatic rings. The summed E-state index contributed by atoms with van der Waals surface area (Å²) in [4.78, 5) is 0.0138. The van der Waals surface area contributed by atoms with E-state index in [1.54, 1.807) is 13.8 Å². The number of alkyl halides is 4. The quantitative estimate of drug-likeness (QED) is 0.361. The lowest BCUT2D eigenvalue weighted by Gasteiger charge is -2.20. The van der Waals surface area contributed by atoms with Gasteiger partial charge in [-0.3, -0.25) is 13.6 Å². The molecule has 0 spiro atoms. The maximum absolute atomic E-state index is 12.2. The van der Waals surface area contributed by atoms with Crippen molar-refractivity contribution >= 4 is 62.9 Å². The maximum atomic E-state index is 12.2. The molecular formula is C9H17Br2Cl2O4P. The lowest BCUT2D eigenvalue weighted by atomic mass is 10.5. The summed E-state index contributed by atoms with van der Waals surface area (Å²) in [6, 6.07) is 0. The maximum Gasteiger partial charge on any atom is 0.474 e. The van der Waals surface area contributed by atoms with Gasteiger partial charge in [0.05, 0.1) is 30.6 Å². The van der Waals surface area contributed by atoms with Gasteiger partial charge in [-0.1, -0.05) is 31.9 Å². The monoisotopic (exact) mass is 448 g/mol. The highest BCUT2D eigenvalue weighted by molar-refractivity contribution is 9.12. The third-order valence-electron chi connectivity index (χ3n) is 1.51. The van der Waals surface area contributed by atoms with Crippen LogP contribution in [0.25, 0.3) is 0 Å². The van der Waals surface area contributed by atoms with Crippen LogP contribution >= 0.6 is 62.9 Å². The Morgan fingerprint density at radius 1 is 1.06 bits per heavy atom. The zero-order chi connectivity index (χ0) is 14.2. The van der Waals surface area contributed by atoms with Crippen LogP contribution in [0.4, 0.5) is 0 Å². The molecule has 0 radical (unpaired) electrons. The summed E-state index contributed by atoms with van der Waals surface area (Å²) in [5.74, 6) is 0. The third kappa shape index (κ3) is 10.4. The van der Waals surface area contributed by atoms with E-state index in [0.717, 1.165) is 0 Å². The molecule has 110 valence electrons. The SMILES string of the molecule is CC(Cl)COP(=O)(OCC(C)Cl)OCC(Br)CBr. The highest BCUT2D eigenvalue weighted by Gasteiger charge is 2.28. The predicted molar refractivity (Wildman–Crippen MR) is 82.6 cm³/mol. The summed E-state index contributed by atoms with van der Waals surface area (Å²) < 4.78 is 27.7. The summed E-state index contributed by atoms with van der Waals surface area (Å²) in [5, 5.41) is 0.0925. The Kier molecular flexibility index (Phi) is 11.3. The minimum absolute atomic E-state index is 0.0138. The van der Waals surface area contributed by atoms with Gasteiger partial charge in [0.1, 0.15) is 0 Å². The van der Waals surface area contributed by atoms with Gasteiger partial charge in [-0.2, -0.15) is 0 Å². The first-order valence-corrected chi connectivity index (χ1v) is 9.68. The molecule has 3 unspecified atom stereocenters. The second-order valence-electron chi connectivity index (χ2n) is 3.65. The number of hydrogen-bond donors (Lipinski definition) is 0. The Morgan fingerprint density at radius 3 is 1.78 bits per heavy atom. The van der Waals surface area contributed by atoms with E-state index < -0.39 is 7.82 Å². The number of phosphoric acid groups is 1. The molecule has 0 saturated heterocycles. The van der Waals surface area contributed by atoms with Crippen LogP contribution in [0.15, 0.2) is 0 Å². The van der Waals surface area contributed by atoms with E-state index in [1.165, 1.54) is 0 Å². The van der Waals surface area contributed by atoms with E-state index in [0.29, 0.717) is 5.33 Å². The molecule has 0 aromatic heterocycles. The Hall–Kier alpha value is 1.65. The molecule has 0 rings (SSSR count). The molecule has 0 aromatic carbocycles. The molecule has 18 heavy (non-hydrogen) atoms. The smallest absolute Gasteiger partial charge is 0.286 e. The fourth-order valence-corrected chi connectivity index (χ4v) is 2.94. The first-order chi connectivity index (χ1) is 8.29. The first kappa shape index (κ1) is 19.7. The van der Waals surface area contributed by atoms with Crippen LogP contribution in [0.5, 0.6) is 0 Å². The van der Waals surface area contributed by atoms with E-state index in [2.05, 4.69) is 31.9 Å². The zero-order valence-corrected chi connectivity index (χ0v) is 15.7. The van der Waals surface area contributed by atoms with Crippen molar-refractivity contribution in [2.45, 2.75) is 29.4 Å². The van der Waals surface area contributed by atoms with Crippen LogP contribution in [0.2, 0.25) is 0 Å². The molecule has 0 aliphatic rings. The van der Waals surface area contributed by atoms with Crippen LogP contribution < -0.4 is 0 Å². The van der Waals surface area contributed by atoms with E-state index >= 15 is 0 Å². The highest BCUT2D eigenvalue weighted by atomic mass is 79.9. The van der Waals surface area contributed by atoms with E-state index in [4.69, 9.17) is 36.8 Å².